The average molecular weight is 228 g/mol. The smallest absolute Gasteiger partial charge is 0.159 e. The van der Waals surface area contributed by atoms with Gasteiger partial charge in [0.1, 0.15) is 0 Å². The van der Waals surface area contributed by atoms with Crippen LogP contribution in [0.4, 0.5) is 0 Å². The summed E-state index contributed by atoms with van der Waals surface area (Å²) in [6, 6.07) is 12.2. The van der Waals surface area contributed by atoms with Crippen molar-refractivity contribution >= 4 is 80.9 Å². The molecule has 0 bridgehead atoms. The van der Waals surface area contributed by atoms with Gasteiger partial charge in [0.25, 0.3) is 0 Å². The third kappa shape index (κ3) is 2.48. The maximum absolute atomic E-state index is 4.30. The molecule has 0 aliphatic rings. The fourth-order valence-corrected chi connectivity index (χ4v) is 1.70. The molecule has 1 aromatic carbocycles. The molecule has 0 amide bonds. The van der Waals surface area contributed by atoms with Gasteiger partial charge in [-0.25, -0.2) is 9.97 Å². The van der Waals surface area contributed by atoms with Gasteiger partial charge in [0.2, 0.25) is 0 Å². The van der Waals surface area contributed by atoms with E-state index in [-0.39, 0.29) is 59.1 Å². The molecule has 0 spiro atoms. The van der Waals surface area contributed by atoms with Gasteiger partial charge in [-0.3, -0.25) is 0 Å². The van der Waals surface area contributed by atoms with E-state index in [2.05, 4.69) is 28.2 Å². The van der Waals surface area contributed by atoms with Gasteiger partial charge in [-0.15, -0.1) is 0 Å². The molecule has 16 heavy (non-hydrogen) atoms. The Morgan fingerprint density at radius 1 is 0.750 bits per heavy atom. The summed E-state index contributed by atoms with van der Waals surface area (Å²) in [4.78, 5) is 8.52. The molecule has 0 N–H and O–H groups in total. The van der Waals surface area contributed by atoms with Crippen molar-refractivity contribution in [1.82, 2.24) is 9.97 Å². The molecular formula is C12H10N2Na2. The first kappa shape index (κ1) is 14.1. The molecule has 3 rings (SSSR count). The predicted molar refractivity (Wildman–Crippen MR) is 71.3 cm³/mol. The van der Waals surface area contributed by atoms with Crippen LogP contribution in [-0.4, -0.2) is 69.1 Å². The summed E-state index contributed by atoms with van der Waals surface area (Å²) in [5.74, 6) is 0. The van der Waals surface area contributed by atoms with Crippen LogP contribution in [0.25, 0.3) is 21.8 Å². The van der Waals surface area contributed by atoms with Crippen molar-refractivity contribution in [3.8, 4) is 0 Å². The third-order valence-corrected chi connectivity index (χ3v) is 2.36. The molecule has 2 aromatic heterocycles. The fourth-order valence-electron chi connectivity index (χ4n) is 1.70. The molecule has 0 atom stereocenters. The Kier molecular flexibility index (Phi) is 5.38. The monoisotopic (exact) mass is 228 g/mol. The number of rotatable bonds is 0. The molecule has 2 heterocycles. The molecule has 0 saturated heterocycles. The van der Waals surface area contributed by atoms with Gasteiger partial charge in [0, 0.05) is 23.2 Å². The van der Waals surface area contributed by atoms with Gasteiger partial charge in [-0.2, -0.15) is 0 Å². The maximum atomic E-state index is 4.30. The van der Waals surface area contributed by atoms with Gasteiger partial charge < -0.3 is 0 Å². The van der Waals surface area contributed by atoms with Crippen LogP contribution >= 0.6 is 0 Å². The van der Waals surface area contributed by atoms with E-state index in [1.807, 2.05) is 24.4 Å². The molecule has 70 valence electrons. The number of pyridine rings is 2. The first-order chi connectivity index (χ1) is 6.95. The zero-order valence-electron chi connectivity index (χ0n) is 7.51. The molecular weight excluding hydrogens is 218 g/mol. The molecule has 0 fully saturated rings. The summed E-state index contributed by atoms with van der Waals surface area (Å²) in [7, 11) is 0. The zero-order chi connectivity index (χ0) is 9.38. The first-order valence-corrected chi connectivity index (χ1v) is 4.53. The van der Waals surface area contributed by atoms with E-state index in [1.54, 1.807) is 6.20 Å². The molecule has 4 heteroatoms. The summed E-state index contributed by atoms with van der Waals surface area (Å²) < 4.78 is 0. The second-order valence-corrected chi connectivity index (χ2v) is 3.22. The van der Waals surface area contributed by atoms with Crippen LogP contribution < -0.4 is 0 Å². The van der Waals surface area contributed by atoms with Crippen LogP contribution in [0.15, 0.2) is 48.8 Å². The second kappa shape index (κ2) is 6.10. The number of hydrogen-bond acceptors (Lipinski definition) is 2. The minimum atomic E-state index is 0. The first-order valence-electron chi connectivity index (χ1n) is 4.53. The van der Waals surface area contributed by atoms with E-state index < -0.39 is 0 Å². The summed E-state index contributed by atoms with van der Waals surface area (Å²) >= 11 is 0. The Hall–Kier alpha value is 0.0400. The maximum Gasteiger partial charge on any atom is 0.159 e. The Bertz CT molecular complexity index is 556. The average Bonchev–Trinajstić information content (AvgIpc) is 2.29. The van der Waals surface area contributed by atoms with Gasteiger partial charge >= 0.3 is 59.1 Å². The standard InChI is InChI=1S/C12H8N2.2Na.2H/c1-2-5-10-9(4-1)8-14-12-11(10)6-3-7-13-12;;;;/h1-8H;;;;. The van der Waals surface area contributed by atoms with E-state index >= 15 is 0 Å². The van der Waals surface area contributed by atoms with Crippen LogP contribution in [0.3, 0.4) is 0 Å². The number of nitrogens with zero attached hydrogens (tertiary/aromatic N) is 2. The van der Waals surface area contributed by atoms with Crippen LogP contribution in [0.1, 0.15) is 0 Å². The van der Waals surface area contributed by atoms with E-state index in [9.17, 15) is 0 Å². The van der Waals surface area contributed by atoms with Gasteiger partial charge in [-0.05, 0) is 17.5 Å². The van der Waals surface area contributed by atoms with E-state index in [4.69, 9.17) is 0 Å². The Morgan fingerprint density at radius 2 is 1.50 bits per heavy atom. The summed E-state index contributed by atoms with van der Waals surface area (Å²) in [6.45, 7) is 0. The fraction of sp³-hybridized carbons (Fsp3) is 0. The largest absolute Gasteiger partial charge is 0.237 e. The van der Waals surface area contributed by atoms with Crippen LogP contribution in [0, 0.1) is 0 Å². The SMILES string of the molecule is [NaH].[NaH].c1ccc2c(c1)cnc1ncccc12. The predicted octanol–water partition coefficient (Wildman–Crippen LogP) is 1.49. The van der Waals surface area contributed by atoms with Crippen molar-refractivity contribution in [1.29, 1.82) is 0 Å². The third-order valence-electron chi connectivity index (χ3n) is 2.36. The molecule has 0 unspecified atom stereocenters. The normalized spacial score (nSPS) is 9.50. The molecule has 0 aliphatic carbocycles. The second-order valence-electron chi connectivity index (χ2n) is 3.22. The van der Waals surface area contributed by atoms with E-state index in [1.165, 1.54) is 5.39 Å². The Morgan fingerprint density at radius 3 is 2.38 bits per heavy atom. The molecule has 0 saturated carbocycles. The summed E-state index contributed by atoms with van der Waals surface area (Å²) in [5, 5.41) is 3.49. The molecule has 3 aromatic rings. The zero-order valence-corrected chi connectivity index (χ0v) is 7.51. The van der Waals surface area contributed by atoms with Crippen LogP contribution in [0.2, 0.25) is 0 Å². The number of hydrogen-bond donors (Lipinski definition) is 0. The Balaban J connectivity index is 0.000000640. The van der Waals surface area contributed by atoms with E-state index in [0.717, 1.165) is 16.4 Å². The van der Waals surface area contributed by atoms with Crippen molar-refractivity contribution in [2.75, 3.05) is 0 Å². The molecule has 2 nitrogen and oxygen atoms in total. The van der Waals surface area contributed by atoms with Crippen molar-refractivity contribution in [2.24, 2.45) is 0 Å². The quantitative estimate of drug-likeness (QED) is 0.430. The van der Waals surface area contributed by atoms with Crippen molar-refractivity contribution in [3.63, 3.8) is 0 Å². The number of benzene rings is 1. The van der Waals surface area contributed by atoms with Gasteiger partial charge in [0.15, 0.2) is 5.65 Å². The van der Waals surface area contributed by atoms with Gasteiger partial charge in [-0.1, -0.05) is 24.3 Å². The summed E-state index contributed by atoms with van der Waals surface area (Å²) in [6.07, 6.45) is 3.63. The minimum Gasteiger partial charge on any atom is -0.237 e. The van der Waals surface area contributed by atoms with E-state index in [0.29, 0.717) is 0 Å². The number of fused-ring (bicyclic) bond motifs is 3. The minimum absolute atomic E-state index is 0. The summed E-state index contributed by atoms with van der Waals surface area (Å²) in [5.41, 5.74) is 0.811. The van der Waals surface area contributed by atoms with Crippen molar-refractivity contribution in [3.05, 3.63) is 48.8 Å². The molecule has 0 radical (unpaired) electrons. The topological polar surface area (TPSA) is 25.8 Å². The number of aromatic nitrogens is 2. The van der Waals surface area contributed by atoms with Crippen LogP contribution in [0.5, 0.6) is 0 Å². The Labute approximate surface area is 138 Å². The van der Waals surface area contributed by atoms with Crippen molar-refractivity contribution < 1.29 is 0 Å². The van der Waals surface area contributed by atoms with Crippen molar-refractivity contribution in [2.45, 2.75) is 0 Å². The van der Waals surface area contributed by atoms with Gasteiger partial charge in [0.05, 0.1) is 0 Å². The van der Waals surface area contributed by atoms with Crippen LogP contribution in [-0.2, 0) is 0 Å². The molecule has 0 aliphatic heterocycles.